The van der Waals surface area contributed by atoms with Crippen molar-refractivity contribution < 1.29 is 68.9 Å². The Morgan fingerprint density at radius 1 is 0.784 bits per heavy atom. The smallest absolute Gasteiger partial charge is 0.319 e. The molecule has 1 aliphatic heterocycles. The van der Waals surface area contributed by atoms with E-state index in [4.69, 9.17) is 4.74 Å². The largest absolute Gasteiger partial charge is 0.506 e. The molecule has 3 aromatic carbocycles. The number of nitrogens with zero attached hydrogens (tertiary/aromatic N) is 10. The Kier molecular flexibility index (Phi) is 19.6. The number of hydrogen-bond acceptors (Lipinski definition) is 16. The van der Waals surface area contributed by atoms with Gasteiger partial charge in [0.15, 0.2) is 41.3 Å². The number of fused-ring (bicyclic) bond motifs is 1. The van der Waals surface area contributed by atoms with Gasteiger partial charge in [-0.15, -0.1) is 0 Å². The van der Waals surface area contributed by atoms with Crippen molar-refractivity contribution in [3.8, 4) is 5.75 Å². The summed E-state index contributed by atoms with van der Waals surface area (Å²) in [5.74, 6) is -4.37. The fraction of sp³-hybridized carbons (Fsp3) is 0.204. The number of anilines is 1. The molecule has 74 heavy (non-hydrogen) atoms. The van der Waals surface area contributed by atoms with Gasteiger partial charge in [0.1, 0.15) is 28.7 Å². The van der Waals surface area contributed by atoms with Crippen molar-refractivity contribution >= 4 is 78.8 Å². The zero-order valence-corrected chi connectivity index (χ0v) is 42.5. The van der Waals surface area contributed by atoms with Gasteiger partial charge in [0.2, 0.25) is 5.69 Å². The van der Waals surface area contributed by atoms with Gasteiger partial charge in [-0.2, -0.15) is 4.58 Å². The van der Waals surface area contributed by atoms with Crippen molar-refractivity contribution in [2.45, 2.75) is 46.1 Å². The number of hydrogen-bond donors (Lipinski definition) is 2. The molecule has 3 heterocycles. The molecule has 2 aliphatic carbocycles. The van der Waals surface area contributed by atoms with Crippen molar-refractivity contribution in [2.75, 3.05) is 25.1 Å². The maximum atomic E-state index is 14.0. The predicted octanol–water partition coefficient (Wildman–Crippen LogP) is 8.54. The monoisotopic (exact) mass is 1100 g/mol. The van der Waals surface area contributed by atoms with E-state index in [1.54, 1.807) is 7.11 Å². The molecule has 3 aliphatic rings. The summed E-state index contributed by atoms with van der Waals surface area (Å²) >= 11 is 1.51. The molecule has 1 radical (unpaired) electrons. The number of aliphatic hydroxyl groups is 2. The molecule has 1 unspecified atom stereocenters. The fourth-order valence-corrected chi connectivity index (χ4v) is 8.48. The number of ketones is 2. The van der Waals surface area contributed by atoms with E-state index < -0.39 is 27.3 Å². The summed E-state index contributed by atoms with van der Waals surface area (Å²) in [4.78, 5) is 51.2. The van der Waals surface area contributed by atoms with Gasteiger partial charge in [0, 0.05) is 105 Å². The second kappa shape index (κ2) is 25.5. The van der Waals surface area contributed by atoms with Crippen LogP contribution in [0.3, 0.4) is 0 Å². The van der Waals surface area contributed by atoms with Gasteiger partial charge in [0.05, 0.1) is 22.4 Å². The normalized spacial score (nSPS) is 17.4. The first-order chi connectivity index (χ1) is 34.9. The van der Waals surface area contributed by atoms with Crippen LogP contribution >= 0.6 is 22.7 Å². The topological polar surface area (TPSA) is 254 Å². The zero-order chi connectivity index (χ0) is 53.0. The number of methoxy groups -OCH3 is 1. The number of ether oxygens (including phenoxy) is 1. The maximum Gasteiger partial charge on any atom is 0.319 e. The van der Waals surface area contributed by atoms with Crippen LogP contribution in [0.5, 0.6) is 5.75 Å². The molecule has 0 fully saturated rings. The summed E-state index contributed by atoms with van der Waals surface area (Å²) in [7, 11) is 1.66. The van der Waals surface area contributed by atoms with Crippen LogP contribution in [0.15, 0.2) is 141 Å². The average molecular weight is 1100 g/mol. The summed E-state index contributed by atoms with van der Waals surface area (Å²) in [6.45, 7) is 10.6. The number of aromatic nitrogens is 2. The fourth-order valence-electron chi connectivity index (χ4n) is 7.37. The van der Waals surface area contributed by atoms with Gasteiger partial charge >= 0.3 is 10.0 Å². The Bertz CT molecular complexity index is 3240. The van der Waals surface area contributed by atoms with E-state index >= 15 is 0 Å². The van der Waals surface area contributed by atoms with E-state index in [1.807, 2.05) is 36.4 Å². The molecule has 0 spiro atoms. The second-order valence-electron chi connectivity index (χ2n) is 15.7. The van der Waals surface area contributed by atoms with Crippen LogP contribution in [-0.2, 0) is 38.3 Å². The third-order valence-corrected chi connectivity index (χ3v) is 12.9. The molecule has 2 aromatic heterocycles. The van der Waals surface area contributed by atoms with Crippen LogP contribution in [0, 0.1) is 37.7 Å². The SMILES string of the molecule is CCN(CC)c1ccc(/C=C/C2=[N+](Cc3cc(F)c(F)c(F)c3)c3ccccc3C2(C)CC)c(OC)c1.O=C1C=CC(=NN=c2[n-]cc([N+](=O)[O-])s2)C(O)=C1.O=C1C=CC(=NN=c2[n-]cc([N+](=O)[O-])s2)C(O)=C1.[Co]. The first-order valence-corrected chi connectivity index (χ1v) is 23.6. The third-order valence-electron chi connectivity index (χ3n) is 11.2. The molecular weight excluding hydrogens is 1050 g/mol. The molecule has 8 rings (SSSR count). The van der Waals surface area contributed by atoms with E-state index in [9.17, 15) is 53.2 Å². The van der Waals surface area contributed by atoms with E-state index in [-0.39, 0.29) is 82.9 Å². The number of rotatable bonds is 13. The van der Waals surface area contributed by atoms with Gasteiger partial charge in [-0.1, -0.05) is 47.8 Å². The number of thiazole rings is 2. The summed E-state index contributed by atoms with van der Waals surface area (Å²) < 4.78 is 49.5. The molecule has 0 bridgehead atoms. The number of carbonyl (C=O) groups excluding carboxylic acids is 2. The molecule has 0 saturated heterocycles. The van der Waals surface area contributed by atoms with Crippen LogP contribution in [0.4, 0.5) is 34.5 Å². The summed E-state index contributed by atoms with van der Waals surface area (Å²) in [5.41, 5.74) is 5.36. The van der Waals surface area contributed by atoms with Crippen molar-refractivity contribution in [1.82, 2.24) is 9.97 Å². The van der Waals surface area contributed by atoms with Crippen molar-refractivity contribution in [3.63, 3.8) is 0 Å². The first kappa shape index (κ1) is 56.8. The summed E-state index contributed by atoms with van der Waals surface area (Å²) in [5, 5.41) is 53.9. The van der Waals surface area contributed by atoms with Gasteiger partial charge in [-0.05, 0) is 81.8 Å². The third kappa shape index (κ3) is 13.7. The number of allylic oxidation sites excluding steroid dienone is 7. The molecule has 0 amide bonds. The summed E-state index contributed by atoms with van der Waals surface area (Å²) in [6, 6.07) is 16.4. The summed E-state index contributed by atoms with van der Waals surface area (Å²) in [6.07, 6.45) is 14.1. The standard InChI is InChI=1S/C31H34F3N2O.2C9H6N4O4S.Co/c1-6-31(4)24-11-9-10-12-27(24)36(20-21-17-25(32)30(34)26(33)18-21)29(31)16-14-22-13-15-23(19-28(22)37-5)35(7-2)8-3;2*14-5-1-2-6(7(15)3-5)11-12-9-10-4-8(18-9)13(16)17;/h9-19H,6-8,20H2,1-5H3;2*1-4H,(H2,10,12,14,15);/q+1;;;/p-2. The Labute approximate surface area is 438 Å². The van der Waals surface area contributed by atoms with E-state index in [0.717, 1.165) is 113 Å². The molecule has 387 valence electrons. The van der Waals surface area contributed by atoms with Crippen LogP contribution < -0.4 is 29.2 Å². The minimum absolute atomic E-state index is 0. The second-order valence-corrected chi connectivity index (χ2v) is 17.6. The first-order valence-electron chi connectivity index (χ1n) is 21.9. The zero-order valence-electron chi connectivity index (χ0n) is 39.8. The molecule has 5 aromatic rings. The van der Waals surface area contributed by atoms with Gasteiger partial charge in [-0.25, -0.2) is 13.2 Å². The number of halogens is 3. The van der Waals surface area contributed by atoms with Crippen LogP contribution in [-0.4, -0.2) is 73.5 Å². The number of para-hydroxylation sites is 1. The van der Waals surface area contributed by atoms with Gasteiger partial charge in [-0.3, -0.25) is 40.0 Å². The predicted molar refractivity (Wildman–Crippen MR) is 269 cm³/mol. The number of aliphatic hydroxyl groups excluding tert-OH is 2. The van der Waals surface area contributed by atoms with Gasteiger partial charge < -0.3 is 40.0 Å². The minimum atomic E-state index is -1.45. The van der Waals surface area contributed by atoms with Gasteiger partial charge in [0.25, 0.3) is 0 Å². The Balaban J connectivity index is 0.000000229. The Morgan fingerprint density at radius 3 is 1.77 bits per heavy atom. The molecule has 1 atom stereocenters. The van der Waals surface area contributed by atoms with E-state index in [2.05, 4.69) is 85.8 Å². The van der Waals surface area contributed by atoms with Crippen molar-refractivity contribution in [2.24, 2.45) is 20.4 Å². The average Bonchev–Trinajstić information content (AvgIpc) is 4.11. The quantitative estimate of drug-likeness (QED) is 0.0370. The van der Waals surface area contributed by atoms with E-state index in [1.165, 1.54) is 24.3 Å². The van der Waals surface area contributed by atoms with Crippen LogP contribution in [0.2, 0.25) is 0 Å². The van der Waals surface area contributed by atoms with Crippen LogP contribution in [0.1, 0.15) is 50.8 Å². The minimum Gasteiger partial charge on any atom is -0.506 e. The molecule has 19 nitrogen and oxygen atoms in total. The molecule has 0 saturated carbocycles. The molecule has 25 heteroatoms. The van der Waals surface area contributed by atoms with Crippen molar-refractivity contribution in [3.05, 3.63) is 185 Å². The number of benzene rings is 3. The number of nitro groups is 2. The van der Waals surface area contributed by atoms with E-state index in [0.29, 0.717) is 5.56 Å². The number of carbonyl (C=O) groups is 2. The molecule has 2 N–H and O–H groups in total. The van der Waals surface area contributed by atoms with Crippen molar-refractivity contribution in [1.29, 1.82) is 0 Å². The van der Waals surface area contributed by atoms with Crippen LogP contribution in [0.25, 0.3) is 6.08 Å². The maximum absolute atomic E-state index is 14.0. The molecular formula is C49H44CoF3N10O9S2-. The Morgan fingerprint density at radius 2 is 1.31 bits per heavy atom. The Hall–Kier alpha value is -8.13.